The standard InChI is InChI=1S/C24H24N2O3/c1-18-8-10-20(11-9-18)16-26(19(2)27)17-24(28)25-21-12-14-23(15-13-21)29-22-6-4-3-5-7-22/h3-15H,16-17H2,1-2H3,(H,25,28). The number of rotatable bonds is 7. The monoisotopic (exact) mass is 388 g/mol. The molecule has 1 N–H and O–H groups in total. The van der Waals surface area contributed by atoms with Gasteiger partial charge in [0.15, 0.2) is 0 Å². The number of ether oxygens (including phenoxy) is 1. The third-order valence-electron chi connectivity index (χ3n) is 4.39. The lowest BCUT2D eigenvalue weighted by molar-refractivity contribution is -0.133. The van der Waals surface area contributed by atoms with Gasteiger partial charge in [0.25, 0.3) is 0 Å². The van der Waals surface area contributed by atoms with Gasteiger partial charge in [-0.3, -0.25) is 9.59 Å². The quantitative estimate of drug-likeness (QED) is 0.634. The smallest absolute Gasteiger partial charge is 0.244 e. The summed E-state index contributed by atoms with van der Waals surface area (Å²) in [6.45, 7) is 3.87. The summed E-state index contributed by atoms with van der Waals surface area (Å²) in [4.78, 5) is 25.9. The Kier molecular flexibility index (Phi) is 6.63. The number of aryl methyl sites for hydroxylation is 1. The van der Waals surface area contributed by atoms with E-state index in [1.807, 2.05) is 61.5 Å². The number of carbonyl (C=O) groups is 2. The molecule has 0 spiro atoms. The summed E-state index contributed by atoms with van der Waals surface area (Å²) in [6, 6.07) is 24.5. The maximum absolute atomic E-state index is 12.4. The predicted octanol–water partition coefficient (Wildman–Crippen LogP) is 4.77. The summed E-state index contributed by atoms with van der Waals surface area (Å²) in [5.41, 5.74) is 2.79. The van der Waals surface area contributed by atoms with Gasteiger partial charge in [0.2, 0.25) is 11.8 Å². The lowest BCUT2D eigenvalue weighted by Gasteiger charge is -2.21. The van der Waals surface area contributed by atoms with E-state index in [1.165, 1.54) is 11.8 Å². The largest absolute Gasteiger partial charge is 0.457 e. The van der Waals surface area contributed by atoms with Crippen molar-refractivity contribution in [1.82, 2.24) is 4.90 Å². The molecular formula is C24H24N2O3. The second-order valence-corrected chi connectivity index (χ2v) is 6.85. The molecule has 0 aliphatic carbocycles. The lowest BCUT2D eigenvalue weighted by Crippen LogP contribution is -2.36. The molecule has 5 heteroatoms. The first-order valence-electron chi connectivity index (χ1n) is 9.43. The molecule has 0 saturated carbocycles. The summed E-state index contributed by atoms with van der Waals surface area (Å²) in [6.07, 6.45) is 0. The Balaban J connectivity index is 1.56. The van der Waals surface area contributed by atoms with Gasteiger partial charge in [-0.25, -0.2) is 0 Å². The number of nitrogens with one attached hydrogen (secondary N) is 1. The number of amides is 2. The minimum Gasteiger partial charge on any atom is -0.457 e. The molecule has 3 aromatic rings. The highest BCUT2D eigenvalue weighted by atomic mass is 16.5. The van der Waals surface area contributed by atoms with E-state index in [9.17, 15) is 9.59 Å². The predicted molar refractivity (Wildman–Crippen MR) is 114 cm³/mol. The number of hydrogen-bond acceptors (Lipinski definition) is 3. The van der Waals surface area contributed by atoms with Gasteiger partial charge >= 0.3 is 0 Å². The Hall–Kier alpha value is -3.60. The minimum atomic E-state index is -0.246. The van der Waals surface area contributed by atoms with Crippen LogP contribution in [0.3, 0.4) is 0 Å². The Labute approximate surface area is 170 Å². The van der Waals surface area contributed by atoms with Crippen LogP contribution < -0.4 is 10.1 Å². The molecule has 0 aliphatic rings. The summed E-state index contributed by atoms with van der Waals surface area (Å²) < 4.78 is 5.74. The molecule has 0 heterocycles. The zero-order valence-electron chi connectivity index (χ0n) is 16.6. The maximum Gasteiger partial charge on any atom is 0.244 e. The lowest BCUT2D eigenvalue weighted by atomic mass is 10.1. The number of para-hydroxylation sites is 1. The van der Waals surface area contributed by atoms with Crippen LogP contribution in [-0.2, 0) is 16.1 Å². The van der Waals surface area contributed by atoms with Crippen molar-refractivity contribution in [3.05, 3.63) is 90.0 Å². The molecule has 29 heavy (non-hydrogen) atoms. The first-order valence-corrected chi connectivity index (χ1v) is 9.43. The van der Waals surface area contributed by atoms with Crippen LogP contribution in [0.15, 0.2) is 78.9 Å². The highest BCUT2D eigenvalue weighted by Crippen LogP contribution is 2.22. The van der Waals surface area contributed by atoms with Gasteiger partial charge < -0.3 is 15.0 Å². The summed E-state index contributed by atoms with van der Waals surface area (Å²) in [5, 5.41) is 2.82. The summed E-state index contributed by atoms with van der Waals surface area (Å²) >= 11 is 0. The average Bonchev–Trinajstić information content (AvgIpc) is 2.71. The number of benzene rings is 3. The van der Waals surface area contributed by atoms with Crippen LogP contribution in [0.5, 0.6) is 11.5 Å². The Bertz CT molecular complexity index is 952. The highest BCUT2D eigenvalue weighted by Gasteiger charge is 2.14. The Morgan fingerprint density at radius 3 is 2.10 bits per heavy atom. The first kappa shape index (κ1) is 20.1. The average molecular weight is 388 g/mol. The van der Waals surface area contributed by atoms with Crippen LogP contribution in [-0.4, -0.2) is 23.3 Å². The fourth-order valence-electron chi connectivity index (χ4n) is 2.80. The van der Waals surface area contributed by atoms with Crippen molar-refractivity contribution < 1.29 is 14.3 Å². The minimum absolute atomic E-state index is 0.00846. The molecule has 0 unspecified atom stereocenters. The topological polar surface area (TPSA) is 58.6 Å². The summed E-state index contributed by atoms with van der Waals surface area (Å²) in [7, 11) is 0. The number of anilines is 1. The van der Waals surface area contributed by atoms with E-state index in [2.05, 4.69) is 5.32 Å². The van der Waals surface area contributed by atoms with Gasteiger partial charge in [-0.15, -0.1) is 0 Å². The molecule has 3 aromatic carbocycles. The second kappa shape index (κ2) is 9.55. The van der Waals surface area contributed by atoms with Gasteiger partial charge in [0.05, 0.1) is 0 Å². The first-order chi connectivity index (χ1) is 14.0. The van der Waals surface area contributed by atoms with Gasteiger partial charge in [-0.1, -0.05) is 48.0 Å². The van der Waals surface area contributed by atoms with Gasteiger partial charge in [-0.2, -0.15) is 0 Å². The molecule has 0 atom stereocenters. The molecule has 0 saturated heterocycles. The second-order valence-electron chi connectivity index (χ2n) is 6.85. The fourth-order valence-corrected chi connectivity index (χ4v) is 2.80. The van der Waals surface area contributed by atoms with Crippen molar-refractivity contribution in [2.24, 2.45) is 0 Å². The van der Waals surface area contributed by atoms with Crippen LogP contribution in [0.25, 0.3) is 0 Å². The van der Waals surface area contributed by atoms with E-state index in [1.54, 1.807) is 24.3 Å². The van der Waals surface area contributed by atoms with Crippen LogP contribution in [0.4, 0.5) is 5.69 Å². The Morgan fingerprint density at radius 1 is 0.862 bits per heavy atom. The molecule has 2 amide bonds. The molecular weight excluding hydrogens is 364 g/mol. The highest BCUT2D eigenvalue weighted by molar-refractivity contribution is 5.94. The van der Waals surface area contributed by atoms with Crippen molar-refractivity contribution >= 4 is 17.5 Å². The zero-order chi connectivity index (χ0) is 20.6. The molecule has 3 rings (SSSR count). The SMILES string of the molecule is CC(=O)N(CC(=O)Nc1ccc(Oc2ccccc2)cc1)Cc1ccc(C)cc1. The van der Waals surface area contributed by atoms with Gasteiger partial charge in [-0.05, 0) is 48.9 Å². The third kappa shape index (κ3) is 6.21. The van der Waals surface area contributed by atoms with Crippen LogP contribution in [0.2, 0.25) is 0 Å². The molecule has 0 fully saturated rings. The van der Waals surface area contributed by atoms with Crippen molar-refractivity contribution in [2.75, 3.05) is 11.9 Å². The van der Waals surface area contributed by atoms with Crippen LogP contribution in [0.1, 0.15) is 18.1 Å². The van der Waals surface area contributed by atoms with E-state index in [0.717, 1.165) is 16.9 Å². The molecule has 0 aromatic heterocycles. The van der Waals surface area contributed by atoms with E-state index >= 15 is 0 Å². The molecule has 0 radical (unpaired) electrons. The molecule has 0 bridgehead atoms. The van der Waals surface area contributed by atoms with E-state index < -0.39 is 0 Å². The molecule has 5 nitrogen and oxygen atoms in total. The number of nitrogens with zero attached hydrogens (tertiary/aromatic N) is 1. The fraction of sp³-hybridized carbons (Fsp3) is 0.167. The maximum atomic E-state index is 12.4. The van der Waals surface area contributed by atoms with Crippen LogP contribution >= 0.6 is 0 Å². The summed E-state index contributed by atoms with van der Waals surface area (Å²) in [5.74, 6) is 1.03. The van der Waals surface area contributed by atoms with Crippen molar-refractivity contribution in [3.8, 4) is 11.5 Å². The molecule has 0 aliphatic heterocycles. The number of carbonyl (C=O) groups excluding carboxylic acids is 2. The van der Waals surface area contributed by atoms with Crippen molar-refractivity contribution in [3.63, 3.8) is 0 Å². The van der Waals surface area contributed by atoms with E-state index in [-0.39, 0.29) is 18.4 Å². The van der Waals surface area contributed by atoms with Crippen molar-refractivity contribution in [2.45, 2.75) is 20.4 Å². The normalized spacial score (nSPS) is 10.3. The van der Waals surface area contributed by atoms with Crippen LogP contribution in [0, 0.1) is 6.92 Å². The zero-order valence-corrected chi connectivity index (χ0v) is 16.6. The van der Waals surface area contributed by atoms with Gasteiger partial charge in [0, 0.05) is 19.2 Å². The van der Waals surface area contributed by atoms with Crippen molar-refractivity contribution in [1.29, 1.82) is 0 Å². The third-order valence-corrected chi connectivity index (χ3v) is 4.39. The molecule has 148 valence electrons. The van der Waals surface area contributed by atoms with Gasteiger partial charge in [0.1, 0.15) is 18.0 Å². The van der Waals surface area contributed by atoms with E-state index in [4.69, 9.17) is 4.74 Å². The number of hydrogen-bond donors (Lipinski definition) is 1. The Morgan fingerprint density at radius 2 is 1.48 bits per heavy atom. The van der Waals surface area contributed by atoms with E-state index in [0.29, 0.717) is 18.0 Å².